The molecular formula is C7H3ClF3N3O3S. The fourth-order valence-electron chi connectivity index (χ4n) is 1.00. The number of aromatic nitrogens is 1. The maximum atomic E-state index is 12.1. The fourth-order valence-corrected chi connectivity index (χ4v) is 1.91. The van der Waals surface area contributed by atoms with Gasteiger partial charge in [0.25, 0.3) is 9.05 Å². The Hall–Kier alpha value is -1.73. The SMILES string of the molecule is N#Cc1c(S(=O)(=O)Cl)ncc(N)c1OC(F)(F)F. The van der Waals surface area contributed by atoms with Crippen molar-refractivity contribution < 1.29 is 26.3 Å². The van der Waals surface area contributed by atoms with Gasteiger partial charge in [-0.1, -0.05) is 0 Å². The molecule has 1 heterocycles. The molecule has 0 spiro atoms. The molecule has 6 nitrogen and oxygen atoms in total. The summed E-state index contributed by atoms with van der Waals surface area (Å²) in [5, 5.41) is 7.61. The molecule has 0 aliphatic heterocycles. The molecule has 11 heteroatoms. The molecule has 1 aromatic rings. The van der Waals surface area contributed by atoms with Crippen LogP contribution >= 0.6 is 10.7 Å². The lowest BCUT2D eigenvalue weighted by molar-refractivity contribution is -0.274. The van der Waals surface area contributed by atoms with E-state index >= 15 is 0 Å². The highest BCUT2D eigenvalue weighted by Gasteiger charge is 2.35. The van der Waals surface area contributed by atoms with Crippen molar-refractivity contribution in [2.24, 2.45) is 0 Å². The van der Waals surface area contributed by atoms with E-state index in [1.54, 1.807) is 0 Å². The van der Waals surface area contributed by atoms with Gasteiger partial charge in [0.05, 0.1) is 11.9 Å². The monoisotopic (exact) mass is 301 g/mol. The summed E-state index contributed by atoms with van der Waals surface area (Å²) in [6.07, 6.45) is -4.55. The smallest absolute Gasteiger partial charge is 0.402 e. The highest BCUT2D eigenvalue weighted by Crippen LogP contribution is 2.34. The minimum atomic E-state index is -5.14. The minimum Gasteiger partial charge on any atom is -0.402 e. The van der Waals surface area contributed by atoms with E-state index in [-0.39, 0.29) is 0 Å². The van der Waals surface area contributed by atoms with E-state index in [2.05, 4.69) is 9.72 Å². The lowest BCUT2D eigenvalue weighted by Gasteiger charge is -2.13. The van der Waals surface area contributed by atoms with Gasteiger partial charge < -0.3 is 10.5 Å². The zero-order valence-electron chi connectivity index (χ0n) is 8.19. The average Bonchev–Trinajstić information content (AvgIpc) is 2.17. The van der Waals surface area contributed by atoms with Crippen LogP contribution < -0.4 is 10.5 Å². The molecule has 18 heavy (non-hydrogen) atoms. The molecule has 0 aromatic carbocycles. The number of alkyl halides is 3. The average molecular weight is 302 g/mol. The van der Waals surface area contributed by atoms with Crippen LogP contribution in [0, 0.1) is 11.3 Å². The predicted molar refractivity (Wildman–Crippen MR) is 53.1 cm³/mol. The van der Waals surface area contributed by atoms with E-state index in [1.165, 1.54) is 6.07 Å². The van der Waals surface area contributed by atoms with Crippen LogP contribution in [0.2, 0.25) is 0 Å². The molecule has 0 saturated carbocycles. The van der Waals surface area contributed by atoms with Crippen LogP contribution in [-0.2, 0) is 9.05 Å². The van der Waals surface area contributed by atoms with Gasteiger partial charge in [0.1, 0.15) is 11.6 Å². The fraction of sp³-hybridized carbons (Fsp3) is 0.143. The van der Waals surface area contributed by atoms with Gasteiger partial charge in [0.15, 0.2) is 10.8 Å². The van der Waals surface area contributed by atoms with Gasteiger partial charge in [-0.2, -0.15) is 5.26 Å². The van der Waals surface area contributed by atoms with Gasteiger partial charge in [0.2, 0.25) is 0 Å². The summed E-state index contributed by atoms with van der Waals surface area (Å²) in [5.74, 6) is -1.15. The number of nitrogens with zero attached hydrogens (tertiary/aromatic N) is 2. The van der Waals surface area contributed by atoms with Crippen molar-refractivity contribution in [2.75, 3.05) is 5.73 Å². The highest BCUT2D eigenvalue weighted by atomic mass is 35.7. The van der Waals surface area contributed by atoms with Crippen LogP contribution in [0.3, 0.4) is 0 Å². The Bertz CT molecular complexity index is 623. The Labute approximate surface area is 103 Å². The molecule has 0 unspecified atom stereocenters. The van der Waals surface area contributed by atoms with Crippen LogP contribution in [0.4, 0.5) is 18.9 Å². The maximum absolute atomic E-state index is 12.1. The minimum absolute atomic E-state index is 0.594. The molecule has 0 fully saturated rings. The quantitative estimate of drug-likeness (QED) is 0.827. The Balaban J connectivity index is 3.57. The number of pyridine rings is 1. The van der Waals surface area contributed by atoms with E-state index in [0.717, 1.165) is 0 Å². The van der Waals surface area contributed by atoms with Crippen molar-refractivity contribution in [3.8, 4) is 11.8 Å². The molecule has 0 radical (unpaired) electrons. The first-order valence-electron chi connectivity index (χ1n) is 3.95. The third-order valence-electron chi connectivity index (χ3n) is 1.58. The maximum Gasteiger partial charge on any atom is 0.573 e. The van der Waals surface area contributed by atoms with E-state index in [1.807, 2.05) is 0 Å². The number of hydrogen-bond acceptors (Lipinski definition) is 6. The summed E-state index contributed by atoms with van der Waals surface area (Å²) in [7, 11) is 0.414. The molecule has 1 aromatic heterocycles. The molecule has 0 bridgehead atoms. The Kier molecular flexibility index (Phi) is 3.59. The van der Waals surface area contributed by atoms with E-state index in [0.29, 0.717) is 6.20 Å². The van der Waals surface area contributed by atoms with Crippen LogP contribution in [0.25, 0.3) is 0 Å². The van der Waals surface area contributed by atoms with E-state index < -0.39 is 37.4 Å². The lowest BCUT2D eigenvalue weighted by atomic mass is 10.2. The van der Waals surface area contributed by atoms with E-state index in [9.17, 15) is 21.6 Å². The number of hydrogen-bond donors (Lipinski definition) is 1. The number of rotatable bonds is 2. The molecule has 2 N–H and O–H groups in total. The number of nitrogens with two attached hydrogens (primary N) is 1. The first-order valence-corrected chi connectivity index (χ1v) is 6.26. The number of nitriles is 1. The van der Waals surface area contributed by atoms with Gasteiger partial charge in [-0.3, -0.25) is 0 Å². The Morgan fingerprint density at radius 3 is 2.44 bits per heavy atom. The number of ether oxygens (including phenoxy) is 1. The van der Waals surface area contributed by atoms with Crippen molar-refractivity contribution in [1.29, 1.82) is 5.26 Å². The van der Waals surface area contributed by atoms with E-state index in [4.69, 9.17) is 21.7 Å². The standard InChI is InChI=1S/C7H3ClF3N3O3S/c8-18(15,16)6-3(1-12)5(4(13)2-14-6)17-7(9,10)11/h2H,13H2. The number of anilines is 1. The van der Waals surface area contributed by atoms with Gasteiger partial charge >= 0.3 is 6.36 Å². The molecule has 0 atom stereocenters. The summed E-state index contributed by atoms with van der Waals surface area (Å²) in [4.78, 5) is 3.20. The van der Waals surface area contributed by atoms with Crippen molar-refractivity contribution >= 4 is 25.4 Å². The third-order valence-corrected chi connectivity index (χ3v) is 2.79. The second-order valence-corrected chi connectivity index (χ2v) is 5.30. The van der Waals surface area contributed by atoms with Gasteiger partial charge in [-0.05, 0) is 0 Å². The molecule has 1 rings (SSSR count). The van der Waals surface area contributed by atoms with Gasteiger partial charge in [-0.25, -0.2) is 13.4 Å². The topological polar surface area (TPSA) is 106 Å². The van der Waals surface area contributed by atoms with Crippen molar-refractivity contribution in [1.82, 2.24) is 4.98 Å². The summed E-state index contributed by atoms with van der Waals surface area (Å²) >= 11 is 0. The highest BCUT2D eigenvalue weighted by molar-refractivity contribution is 8.13. The largest absolute Gasteiger partial charge is 0.573 e. The molecule has 0 saturated heterocycles. The summed E-state index contributed by atoms with van der Waals surface area (Å²) in [6, 6.07) is 1.20. The van der Waals surface area contributed by atoms with Gasteiger partial charge in [-0.15, -0.1) is 13.2 Å². The lowest BCUT2D eigenvalue weighted by Crippen LogP contribution is -2.19. The van der Waals surface area contributed by atoms with Crippen LogP contribution in [0.1, 0.15) is 5.56 Å². The molecule has 98 valence electrons. The predicted octanol–water partition coefficient (Wildman–Crippen LogP) is 1.36. The van der Waals surface area contributed by atoms with Crippen molar-refractivity contribution in [3.63, 3.8) is 0 Å². The molecule has 0 aliphatic carbocycles. The number of halogens is 4. The summed E-state index contributed by atoms with van der Waals surface area (Å²) < 4.78 is 61.7. The number of nitrogen functional groups attached to an aromatic ring is 1. The van der Waals surface area contributed by atoms with Crippen LogP contribution in [0.15, 0.2) is 11.2 Å². The normalized spacial score (nSPS) is 11.9. The zero-order valence-corrected chi connectivity index (χ0v) is 9.77. The first kappa shape index (κ1) is 14.3. The second kappa shape index (κ2) is 4.51. The Morgan fingerprint density at radius 2 is 2.06 bits per heavy atom. The van der Waals surface area contributed by atoms with Gasteiger partial charge in [0, 0.05) is 10.7 Å². The van der Waals surface area contributed by atoms with Crippen molar-refractivity contribution in [2.45, 2.75) is 11.4 Å². The van der Waals surface area contributed by atoms with Crippen LogP contribution in [0.5, 0.6) is 5.75 Å². The zero-order chi connectivity index (χ0) is 14.1. The summed E-state index contributed by atoms with van der Waals surface area (Å²) in [5.41, 5.74) is 3.48. The second-order valence-electron chi connectivity index (χ2n) is 2.82. The third kappa shape index (κ3) is 3.14. The van der Waals surface area contributed by atoms with Crippen LogP contribution in [-0.4, -0.2) is 19.8 Å². The molecule has 0 amide bonds. The van der Waals surface area contributed by atoms with Crippen molar-refractivity contribution in [3.05, 3.63) is 11.8 Å². The molecule has 0 aliphatic rings. The Morgan fingerprint density at radius 1 is 1.50 bits per heavy atom. The first-order chi connectivity index (χ1) is 8.06. The summed E-state index contributed by atoms with van der Waals surface area (Å²) in [6.45, 7) is 0. The molecular weight excluding hydrogens is 299 g/mol.